The second kappa shape index (κ2) is 9.27. The molecule has 3 aromatic rings. The van der Waals surface area contributed by atoms with E-state index in [4.69, 9.17) is 4.74 Å². The van der Waals surface area contributed by atoms with E-state index in [1.54, 1.807) is 48.5 Å². The van der Waals surface area contributed by atoms with Gasteiger partial charge in [-0.2, -0.15) is 0 Å². The zero-order chi connectivity index (χ0) is 22.6. The summed E-state index contributed by atoms with van der Waals surface area (Å²) in [7, 11) is -2.59. The van der Waals surface area contributed by atoms with Gasteiger partial charge >= 0.3 is 0 Å². The van der Waals surface area contributed by atoms with E-state index in [0.29, 0.717) is 11.3 Å². The zero-order valence-electron chi connectivity index (χ0n) is 17.7. The first-order valence-corrected chi connectivity index (χ1v) is 11.4. The second-order valence-electron chi connectivity index (χ2n) is 7.43. The standard InChI is InChI=1S/C25H24O5S/c1-17-4-8-19(9-5-17)23(26)16-24(25(27)20-10-12-21(30-3)13-11-20)31(28,29)22-14-6-18(2)7-15-22/h4-15,24H,16H2,1-3H3/t24-/m1/s1. The van der Waals surface area contributed by atoms with Crippen molar-refractivity contribution in [1.29, 1.82) is 0 Å². The first-order valence-electron chi connectivity index (χ1n) is 9.81. The Morgan fingerprint density at radius 3 is 1.77 bits per heavy atom. The van der Waals surface area contributed by atoms with Gasteiger partial charge in [-0.3, -0.25) is 9.59 Å². The number of carbonyl (C=O) groups excluding carboxylic acids is 2. The Bertz CT molecular complexity index is 1180. The van der Waals surface area contributed by atoms with Crippen molar-refractivity contribution in [3.8, 4) is 5.75 Å². The van der Waals surface area contributed by atoms with E-state index in [1.165, 1.54) is 31.4 Å². The van der Waals surface area contributed by atoms with Gasteiger partial charge in [-0.1, -0.05) is 47.5 Å². The molecule has 160 valence electrons. The lowest BCUT2D eigenvalue weighted by molar-refractivity contribution is 0.0920. The van der Waals surface area contributed by atoms with Crippen LogP contribution in [0, 0.1) is 13.8 Å². The Kier molecular flexibility index (Phi) is 6.71. The van der Waals surface area contributed by atoms with Crippen molar-refractivity contribution in [2.24, 2.45) is 0 Å². The Morgan fingerprint density at radius 1 is 0.774 bits per heavy atom. The highest BCUT2D eigenvalue weighted by atomic mass is 32.2. The molecule has 0 radical (unpaired) electrons. The lowest BCUT2D eigenvalue weighted by atomic mass is 10.0. The van der Waals surface area contributed by atoms with Crippen molar-refractivity contribution in [2.45, 2.75) is 30.4 Å². The van der Waals surface area contributed by atoms with E-state index in [2.05, 4.69) is 0 Å². The van der Waals surface area contributed by atoms with E-state index in [-0.39, 0.29) is 10.5 Å². The van der Waals surface area contributed by atoms with E-state index >= 15 is 0 Å². The van der Waals surface area contributed by atoms with Crippen LogP contribution in [0.25, 0.3) is 0 Å². The second-order valence-corrected chi connectivity index (χ2v) is 9.56. The number of sulfone groups is 1. The quantitative estimate of drug-likeness (QED) is 0.482. The lowest BCUT2D eigenvalue weighted by Gasteiger charge is -2.17. The molecule has 1 atom stereocenters. The number of ketones is 2. The summed E-state index contributed by atoms with van der Waals surface area (Å²) in [6, 6.07) is 19.3. The number of methoxy groups -OCH3 is 1. The fraction of sp³-hybridized carbons (Fsp3) is 0.200. The predicted molar refractivity (Wildman–Crippen MR) is 120 cm³/mol. The number of rotatable bonds is 8. The normalized spacial score (nSPS) is 12.2. The van der Waals surface area contributed by atoms with Crippen molar-refractivity contribution < 1.29 is 22.7 Å². The van der Waals surface area contributed by atoms with Gasteiger partial charge < -0.3 is 4.74 Å². The summed E-state index contributed by atoms with van der Waals surface area (Å²) >= 11 is 0. The lowest BCUT2D eigenvalue weighted by Crippen LogP contribution is -2.33. The molecular formula is C25H24O5S. The predicted octanol–water partition coefficient (Wildman–Crippen LogP) is 4.61. The number of benzene rings is 3. The van der Waals surface area contributed by atoms with Crippen LogP contribution in [0.3, 0.4) is 0 Å². The fourth-order valence-corrected chi connectivity index (χ4v) is 4.84. The molecule has 6 heteroatoms. The first-order chi connectivity index (χ1) is 14.7. The molecule has 0 bridgehead atoms. The van der Waals surface area contributed by atoms with Gasteiger partial charge in [-0.25, -0.2) is 8.42 Å². The molecule has 0 spiro atoms. The van der Waals surface area contributed by atoms with Crippen LogP contribution < -0.4 is 4.74 Å². The van der Waals surface area contributed by atoms with Crippen LogP contribution >= 0.6 is 0 Å². The number of hydrogen-bond acceptors (Lipinski definition) is 5. The maximum absolute atomic E-state index is 13.4. The molecule has 0 heterocycles. The Hall–Kier alpha value is -3.25. The summed E-state index contributed by atoms with van der Waals surface area (Å²) in [5.74, 6) is -0.475. The van der Waals surface area contributed by atoms with Crippen molar-refractivity contribution in [3.63, 3.8) is 0 Å². The largest absolute Gasteiger partial charge is 0.497 e. The van der Waals surface area contributed by atoms with Crippen molar-refractivity contribution in [1.82, 2.24) is 0 Å². The summed E-state index contributed by atoms with van der Waals surface area (Å²) in [5, 5.41) is -1.53. The summed E-state index contributed by atoms with van der Waals surface area (Å²) in [4.78, 5) is 26.2. The van der Waals surface area contributed by atoms with Crippen molar-refractivity contribution in [3.05, 3.63) is 95.1 Å². The molecule has 0 aliphatic carbocycles. The molecule has 3 aromatic carbocycles. The molecule has 0 aliphatic heterocycles. The molecular weight excluding hydrogens is 412 g/mol. The maximum atomic E-state index is 13.4. The van der Waals surface area contributed by atoms with Gasteiger partial charge in [0.2, 0.25) is 0 Å². The monoisotopic (exact) mass is 436 g/mol. The van der Waals surface area contributed by atoms with Crippen LogP contribution in [-0.4, -0.2) is 32.3 Å². The van der Waals surface area contributed by atoms with Crippen LogP contribution in [0.2, 0.25) is 0 Å². The Balaban J connectivity index is 2.01. The molecule has 0 fully saturated rings. The third-order valence-electron chi connectivity index (χ3n) is 5.14. The topological polar surface area (TPSA) is 77.5 Å². The number of hydrogen-bond donors (Lipinski definition) is 0. The fourth-order valence-electron chi connectivity index (χ4n) is 3.20. The highest BCUT2D eigenvalue weighted by molar-refractivity contribution is 7.92. The van der Waals surface area contributed by atoms with Gasteiger partial charge in [-0.15, -0.1) is 0 Å². The van der Waals surface area contributed by atoms with Crippen LogP contribution in [-0.2, 0) is 9.84 Å². The first kappa shape index (κ1) is 22.4. The molecule has 0 saturated heterocycles. The highest BCUT2D eigenvalue weighted by Gasteiger charge is 2.36. The Labute approximate surface area is 182 Å². The molecule has 0 aliphatic rings. The van der Waals surface area contributed by atoms with Gasteiger partial charge in [0.05, 0.1) is 12.0 Å². The van der Waals surface area contributed by atoms with E-state index in [1.807, 2.05) is 13.8 Å². The van der Waals surface area contributed by atoms with Gasteiger partial charge in [0, 0.05) is 17.5 Å². The van der Waals surface area contributed by atoms with Gasteiger partial charge in [0.15, 0.2) is 21.4 Å². The highest BCUT2D eigenvalue weighted by Crippen LogP contribution is 2.25. The average Bonchev–Trinajstić information content (AvgIpc) is 2.77. The molecule has 0 N–H and O–H groups in total. The maximum Gasteiger partial charge on any atom is 0.189 e. The van der Waals surface area contributed by atoms with Gasteiger partial charge in [0.25, 0.3) is 0 Å². The van der Waals surface area contributed by atoms with Crippen LogP contribution in [0.15, 0.2) is 77.7 Å². The van der Waals surface area contributed by atoms with Crippen LogP contribution in [0.5, 0.6) is 5.75 Å². The smallest absolute Gasteiger partial charge is 0.189 e. The SMILES string of the molecule is COc1ccc(C(=O)[C@@H](CC(=O)c2ccc(C)cc2)S(=O)(=O)c2ccc(C)cc2)cc1. The van der Waals surface area contributed by atoms with Crippen molar-refractivity contribution in [2.75, 3.05) is 7.11 Å². The zero-order valence-corrected chi connectivity index (χ0v) is 18.5. The summed E-state index contributed by atoms with van der Waals surface area (Å²) in [6.07, 6.45) is -0.440. The van der Waals surface area contributed by atoms with Gasteiger partial charge in [-0.05, 0) is 50.2 Å². The summed E-state index contributed by atoms with van der Waals surface area (Å²) in [5.41, 5.74) is 2.46. The number of ether oxygens (including phenoxy) is 1. The minimum atomic E-state index is -4.09. The van der Waals surface area contributed by atoms with E-state index < -0.39 is 33.1 Å². The van der Waals surface area contributed by atoms with E-state index in [0.717, 1.165) is 11.1 Å². The minimum Gasteiger partial charge on any atom is -0.497 e. The molecule has 0 amide bonds. The number of carbonyl (C=O) groups is 2. The molecule has 5 nitrogen and oxygen atoms in total. The molecule has 3 rings (SSSR count). The summed E-state index contributed by atoms with van der Waals surface area (Å²) < 4.78 is 31.9. The summed E-state index contributed by atoms with van der Waals surface area (Å²) in [6.45, 7) is 3.74. The number of Topliss-reactive ketones (excluding diaryl/α,β-unsaturated/α-hetero) is 2. The molecule has 0 saturated carbocycles. The van der Waals surface area contributed by atoms with E-state index in [9.17, 15) is 18.0 Å². The molecule has 31 heavy (non-hydrogen) atoms. The van der Waals surface area contributed by atoms with Crippen LogP contribution in [0.1, 0.15) is 38.3 Å². The minimum absolute atomic E-state index is 0.0154. The average molecular weight is 437 g/mol. The third kappa shape index (κ3) is 5.09. The van der Waals surface area contributed by atoms with Gasteiger partial charge in [0.1, 0.15) is 11.0 Å². The number of aryl methyl sites for hydroxylation is 2. The van der Waals surface area contributed by atoms with Crippen molar-refractivity contribution >= 4 is 21.4 Å². The van der Waals surface area contributed by atoms with Crippen LogP contribution in [0.4, 0.5) is 0 Å². The molecule has 0 aromatic heterocycles. The Morgan fingerprint density at radius 2 is 1.26 bits per heavy atom. The third-order valence-corrected chi connectivity index (χ3v) is 7.19. The molecule has 0 unspecified atom stereocenters.